The Morgan fingerprint density at radius 3 is 1.02 bits per heavy atom. The SMILES string of the molecule is C/C=C/CC/C=C/CC/C=C/C(O)C(CO)NC(=O)CCCCCCCCCCCCCCCCCCCCCCCCCCCCCCCCCCCCCC. The van der Waals surface area contributed by atoms with E-state index in [-0.39, 0.29) is 12.5 Å². The van der Waals surface area contributed by atoms with E-state index in [0.717, 1.165) is 38.5 Å². The van der Waals surface area contributed by atoms with Crippen LogP contribution in [0, 0.1) is 0 Å². The maximum Gasteiger partial charge on any atom is 0.220 e. The maximum atomic E-state index is 12.3. The van der Waals surface area contributed by atoms with Crippen LogP contribution in [0.5, 0.6) is 0 Å². The van der Waals surface area contributed by atoms with Crippen LogP contribution in [-0.2, 0) is 4.79 Å². The molecule has 336 valence electrons. The van der Waals surface area contributed by atoms with Gasteiger partial charge in [0.05, 0.1) is 18.8 Å². The summed E-state index contributed by atoms with van der Waals surface area (Å²) < 4.78 is 0. The Labute approximate surface area is 357 Å². The van der Waals surface area contributed by atoms with Crippen molar-refractivity contribution in [2.24, 2.45) is 0 Å². The quantitative estimate of drug-likeness (QED) is 0.0424. The van der Waals surface area contributed by atoms with Crippen LogP contribution in [0.25, 0.3) is 0 Å². The third-order valence-corrected chi connectivity index (χ3v) is 11.9. The van der Waals surface area contributed by atoms with Crippen LogP contribution >= 0.6 is 0 Å². The zero-order valence-electron chi connectivity index (χ0n) is 38.6. The predicted octanol–water partition coefficient (Wildman–Crippen LogP) is 16.5. The number of carbonyl (C=O) groups is 1. The Morgan fingerprint density at radius 2 is 0.719 bits per heavy atom. The average molecular weight is 800 g/mol. The number of rotatable bonds is 47. The van der Waals surface area contributed by atoms with Gasteiger partial charge < -0.3 is 15.5 Å². The third kappa shape index (κ3) is 45.5. The first-order valence-electron chi connectivity index (χ1n) is 25.7. The second kappa shape index (κ2) is 49.0. The lowest BCUT2D eigenvalue weighted by Crippen LogP contribution is -2.45. The highest BCUT2D eigenvalue weighted by molar-refractivity contribution is 5.76. The van der Waals surface area contributed by atoms with Gasteiger partial charge >= 0.3 is 0 Å². The molecule has 0 spiro atoms. The van der Waals surface area contributed by atoms with Gasteiger partial charge in [0, 0.05) is 6.42 Å². The fraction of sp³-hybridized carbons (Fsp3) is 0.868. The molecule has 0 fully saturated rings. The highest BCUT2D eigenvalue weighted by Crippen LogP contribution is 2.17. The molecule has 1 amide bonds. The number of carbonyl (C=O) groups excluding carboxylic acids is 1. The first-order chi connectivity index (χ1) is 28.2. The van der Waals surface area contributed by atoms with Crippen LogP contribution in [0.15, 0.2) is 36.5 Å². The van der Waals surface area contributed by atoms with Crippen LogP contribution in [-0.4, -0.2) is 34.9 Å². The number of nitrogens with one attached hydrogen (secondary N) is 1. The molecule has 0 aromatic heterocycles. The van der Waals surface area contributed by atoms with Crippen LogP contribution in [0.1, 0.15) is 277 Å². The van der Waals surface area contributed by atoms with E-state index in [2.05, 4.69) is 36.5 Å². The summed E-state index contributed by atoms with van der Waals surface area (Å²) in [6.07, 6.45) is 66.3. The molecule has 0 aromatic rings. The van der Waals surface area contributed by atoms with E-state index >= 15 is 0 Å². The van der Waals surface area contributed by atoms with Gasteiger partial charge in [-0.1, -0.05) is 268 Å². The van der Waals surface area contributed by atoms with E-state index in [1.165, 1.54) is 218 Å². The molecule has 0 saturated carbocycles. The number of hydrogen-bond acceptors (Lipinski definition) is 3. The molecular formula is C53H101NO3. The average Bonchev–Trinajstić information content (AvgIpc) is 3.22. The van der Waals surface area contributed by atoms with E-state index < -0.39 is 12.1 Å². The van der Waals surface area contributed by atoms with Gasteiger partial charge in [0.2, 0.25) is 5.91 Å². The molecule has 0 rings (SSSR count). The van der Waals surface area contributed by atoms with Gasteiger partial charge in [-0.3, -0.25) is 4.79 Å². The second-order valence-electron chi connectivity index (χ2n) is 17.6. The fourth-order valence-corrected chi connectivity index (χ4v) is 8.04. The number of aliphatic hydroxyl groups is 2. The second-order valence-corrected chi connectivity index (χ2v) is 17.6. The van der Waals surface area contributed by atoms with Crippen LogP contribution in [0.3, 0.4) is 0 Å². The van der Waals surface area contributed by atoms with Crippen molar-refractivity contribution in [3.8, 4) is 0 Å². The lowest BCUT2D eigenvalue weighted by atomic mass is 10.0. The van der Waals surface area contributed by atoms with Crippen molar-refractivity contribution in [1.29, 1.82) is 0 Å². The van der Waals surface area contributed by atoms with Crippen molar-refractivity contribution < 1.29 is 15.0 Å². The van der Waals surface area contributed by atoms with Crippen LogP contribution < -0.4 is 5.32 Å². The van der Waals surface area contributed by atoms with Crippen molar-refractivity contribution in [3.05, 3.63) is 36.5 Å². The lowest BCUT2D eigenvalue weighted by molar-refractivity contribution is -0.123. The molecule has 0 aliphatic carbocycles. The Bertz CT molecular complexity index is 866. The number of aliphatic hydroxyl groups excluding tert-OH is 2. The molecular weight excluding hydrogens is 699 g/mol. The summed E-state index contributed by atoms with van der Waals surface area (Å²) in [6, 6.07) is -0.641. The standard InChI is InChI=1S/C53H101NO3/c1-3-5-7-9-11-13-14-15-16-17-18-19-20-21-22-23-24-25-26-27-28-29-30-31-32-33-34-35-36-37-38-39-41-43-45-47-49-53(57)54-51(50-55)52(56)48-46-44-42-40-12-10-8-6-4-2/h4,6,12,40,46,48,51-52,55-56H,3,5,7-11,13-39,41-45,47,49-50H2,1-2H3,(H,54,57)/b6-4+,40-12+,48-46+. The molecule has 0 heterocycles. The Balaban J connectivity index is 3.33. The molecule has 0 radical (unpaired) electrons. The van der Waals surface area contributed by atoms with Gasteiger partial charge in [0.15, 0.2) is 0 Å². The predicted molar refractivity (Wildman–Crippen MR) is 253 cm³/mol. The molecule has 4 heteroatoms. The van der Waals surface area contributed by atoms with Gasteiger partial charge in [-0.15, -0.1) is 0 Å². The van der Waals surface area contributed by atoms with E-state index in [0.29, 0.717) is 6.42 Å². The summed E-state index contributed by atoms with van der Waals surface area (Å²) in [6.45, 7) is 4.08. The fourth-order valence-electron chi connectivity index (χ4n) is 8.04. The summed E-state index contributed by atoms with van der Waals surface area (Å²) >= 11 is 0. The van der Waals surface area contributed by atoms with Gasteiger partial charge in [-0.25, -0.2) is 0 Å². The lowest BCUT2D eigenvalue weighted by Gasteiger charge is -2.19. The Kier molecular flexibility index (Phi) is 47.8. The van der Waals surface area contributed by atoms with Gasteiger partial charge in [0.25, 0.3) is 0 Å². The van der Waals surface area contributed by atoms with E-state index in [1.54, 1.807) is 6.08 Å². The summed E-state index contributed by atoms with van der Waals surface area (Å²) in [4.78, 5) is 12.3. The smallest absolute Gasteiger partial charge is 0.220 e. The number of hydrogen-bond donors (Lipinski definition) is 3. The van der Waals surface area contributed by atoms with Gasteiger partial charge in [0.1, 0.15) is 0 Å². The Hall–Kier alpha value is -1.39. The topological polar surface area (TPSA) is 69.6 Å². The highest BCUT2D eigenvalue weighted by atomic mass is 16.3. The van der Waals surface area contributed by atoms with E-state index in [1.807, 2.05) is 13.0 Å². The summed E-state index contributed by atoms with van der Waals surface area (Å²) in [5.41, 5.74) is 0. The summed E-state index contributed by atoms with van der Waals surface area (Å²) in [5, 5.41) is 22.9. The van der Waals surface area contributed by atoms with Gasteiger partial charge in [-0.2, -0.15) is 0 Å². The zero-order valence-corrected chi connectivity index (χ0v) is 38.6. The highest BCUT2D eigenvalue weighted by Gasteiger charge is 2.17. The normalized spacial score (nSPS) is 13.1. The van der Waals surface area contributed by atoms with Crippen molar-refractivity contribution in [3.63, 3.8) is 0 Å². The molecule has 57 heavy (non-hydrogen) atoms. The molecule has 0 aromatic carbocycles. The molecule has 0 aliphatic heterocycles. The van der Waals surface area contributed by atoms with E-state index in [4.69, 9.17) is 0 Å². The molecule has 2 unspecified atom stereocenters. The monoisotopic (exact) mass is 800 g/mol. The maximum absolute atomic E-state index is 12.3. The van der Waals surface area contributed by atoms with Crippen molar-refractivity contribution >= 4 is 5.91 Å². The molecule has 4 nitrogen and oxygen atoms in total. The van der Waals surface area contributed by atoms with Crippen LogP contribution in [0.4, 0.5) is 0 Å². The van der Waals surface area contributed by atoms with E-state index in [9.17, 15) is 15.0 Å². The first-order valence-corrected chi connectivity index (χ1v) is 25.7. The molecule has 3 N–H and O–H groups in total. The summed E-state index contributed by atoms with van der Waals surface area (Å²) in [7, 11) is 0. The molecule has 0 bridgehead atoms. The largest absolute Gasteiger partial charge is 0.394 e. The number of amides is 1. The van der Waals surface area contributed by atoms with Crippen LogP contribution in [0.2, 0.25) is 0 Å². The minimum absolute atomic E-state index is 0.0771. The molecule has 0 aliphatic rings. The van der Waals surface area contributed by atoms with Crippen molar-refractivity contribution in [2.45, 2.75) is 289 Å². The molecule has 0 saturated heterocycles. The zero-order chi connectivity index (χ0) is 41.4. The number of allylic oxidation sites excluding steroid dienone is 5. The number of unbranched alkanes of at least 4 members (excludes halogenated alkanes) is 37. The third-order valence-electron chi connectivity index (χ3n) is 11.9. The summed E-state index contributed by atoms with van der Waals surface area (Å²) in [5.74, 6) is -0.0771. The minimum atomic E-state index is -0.865. The first kappa shape index (κ1) is 55.6. The van der Waals surface area contributed by atoms with Crippen molar-refractivity contribution in [2.75, 3.05) is 6.61 Å². The minimum Gasteiger partial charge on any atom is -0.394 e. The molecule has 2 atom stereocenters. The Morgan fingerprint density at radius 1 is 0.439 bits per heavy atom. The van der Waals surface area contributed by atoms with Gasteiger partial charge in [-0.05, 0) is 39.0 Å². The van der Waals surface area contributed by atoms with Crippen molar-refractivity contribution in [1.82, 2.24) is 5.32 Å².